The summed E-state index contributed by atoms with van der Waals surface area (Å²) in [5, 5.41) is 8.62. The van der Waals surface area contributed by atoms with Gasteiger partial charge in [-0.05, 0) is 12.8 Å². The molecule has 0 saturated heterocycles. The highest BCUT2D eigenvalue weighted by Crippen LogP contribution is 2.23. The van der Waals surface area contributed by atoms with Crippen LogP contribution in [0.15, 0.2) is 12.2 Å². The molecule has 14 heavy (non-hydrogen) atoms. The minimum Gasteiger partial charge on any atom is -0.481 e. The molecule has 0 aromatic rings. The molecule has 0 rings (SSSR count). The van der Waals surface area contributed by atoms with E-state index in [0.29, 0.717) is 0 Å². The maximum atomic E-state index is 11.3. The van der Waals surface area contributed by atoms with Crippen LogP contribution in [0.2, 0.25) is 0 Å². The quantitative estimate of drug-likeness (QED) is 0.539. The van der Waals surface area contributed by atoms with Gasteiger partial charge in [0.25, 0.3) is 0 Å². The molecule has 0 bridgehead atoms. The number of carboxylic acid groups (broad SMARTS) is 1. The highest BCUT2D eigenvalue weighted by atomic mass is 16.5. The molecule has 2 unspecified atom stereocenters. The van der Waals surface area contributed by atoms with Crippen molar-refractivity contribution in [3.8, 4) is 0 Å². The van der Waals surface area contributed by atoms with Crippen molar-refractivity contribution in [1.29, 1.82) is 0 Å². The topological polar surface area (TPSA) is 63.6 Å². The first-order valence-corrected chi connectivity index (χ1v) is 4.35. The maximum absolute atomic E-state index is 11.3. The van der Waals surface area contributed by atoms with Crippen LogP contribution < -0.4 is 0 Å². The number of aliphatic carboxylic acids is 1. The normalized spacial score (nSPS) is 14.2. The first kappa shape index (κ1) is 12.7. The fourth-order valence-electron chi connectivity index (χ4n) is 1.15. The summed E-state index contributed by atoms with van der Waals surface area (Å²) in [5.74, 6) is -2.33. The highest BCUT2D eigenvalue weighted by molar-refractivity contribution is 5.79. The summed E-state index contributed by atoms with van der Waals surface area (Å²) in [6.07, 6.45) is -0.222. The third-order valence-electron chi connectivity index (χ3n) is 2.28. The number of allylic oxidation sites excluding steroid dienone is 1. The molecular formula is C10H16O4. The summed E-state index contributed by atoms with van der Waals surface area (Å²) in [4.78, 5) is 21.8. The van der Waals surface area contributed by atoms with Crippen LogP contribution in [0.5, 0.6) is 0 Å². The van der Waals surface area contributed by atoms with E-state index in [0.717, 1.165) is 5.57 Å². The van der Waals surface area contributed by atoms with Gasteiger partial charge in [0.1, 0.15) is 0 Å². The lowest BCUT2D eigenvalue weighted by Crippen LogP contribution is -2.26. The molecule has 0 heterocycles. The van der Waals surface area contributed by atoms with Crippen LogP contribution in [-0.4, -0.2) is 24.2 Å². The van der Waals surface area contributed by atoms with E-state index in [2.05, 4.69) is 11.3 Å². The molecule has 0 radical (unpaired) electrons. The molecule has 80 valence electrons. The number of carboxylic acids is 1. The molecule has 0 aliphatic carbocycles. The Balaban J connectivity index is 4.62. The second-order valence-corrected chi connectivity index (χ2v) is 3.36. The van der Waals surface area contributed by atoms with Gasteiger partial charge in [-0.1, -0.05) is 19.1 Å². The lowest BCUT2D eigenvalue weighted by atomic mass is 9.86. The van der Waals surface area contributed by atoms with Crippen molar-refractivity contribution in [1.82, 2.24) is 0 Å². The molecule has 0 aromatic heterocycles. The third-order valence-corrected chi connectivity index (χ3v) is 2.28. The van der Waals surface area contributed by atoms with Crippen LogP contribution in [0, 0.1) is 11.8 Å². The number of hydrogen-bond donors (Lipinski definition) is 1. The predicted molar refractivity (Wildman–Crippen MR) is 51.7 cm³/mol. The van der Waals surface area contributed by atoms with E-state index in [1.165, 1.54) is 7.11 Å². The van der Waals surface area contributed by atoms with Gasteiger partial charge in [0, 0.05) is 0 Å². The van der Waals surface area contributed by atoms with Gasteiger partial charge >= 0.3 is 11.9 Å². The molecule has 1 N–H and O–H groups in total. The first-order chi connectivity index (χ1) is 6.40. The average Bonchev–Trinajstić information content (AvgIpc) is 2.11. The molecule has 0 saturated carbocycles. The molecule has 4 heteroatoms. The van der Waals surface area contributed by atoms with Crippen molar-refractivity contribution < 1.29 is 19.4 Å². The zero-order valence-corrected chi connectivity index (χ0v) is 8.74. The monoisotopic (exact) mass is 200 g/mol. The number of ether oxygens (including phenoxy) is 1. The predicted octanol–water partition coefficient (Wildman–Crippen LogP) is 1.46. The van der Waals surface area contributed by atoms with Crippen molar-refractivity contribution in [2.75, 3.05) is 7.11 Å². The Bertz CT molecular complexity index is 245. The van der Waals surface area contributed by atoms with Crippen molar-refractivity contribution in [3.05, 3.63) is 12.2 Å². The van der Waals surface area contributed by atoms with E-state index < -0.39 is 17.9 Å². The Morgan fingerprint density at radius 1 is 1.50 bits per heavy atom. The third kappa shape index (κ3) is 3.60. The Morgan fingerprint density at radius 3 is 2.29 bits per heavy atom. The lowest BCUT2D eigenvalue weighted by molar-refractivity contribution is -0.152. The summed E-state index contributed by atoms with van der Waals surface area (Å²) in [6, 6.07) is 0. The molecule has 0 fully saturated rings. The van der Waals surface area contributed by atoms with Crippen LogP contribution in [0.1, 0.15) is 20.3 Å². The molecular weight excluding hydrogens is 184 g/mol. The van der Waals surface area contributed by atoms with E-state index in [1.54, 1.807) is 13.8 Å². The van der Waals surface area contributed by atoms with Crippen molar-refractivity contribution in [3.63, 3.8) is 0 Å². The van der Waals surface area contributed by atoms with E-state index in [-0.39, 0.29) is 12.3 Å². The lowest BCUT2D eigenvalue weighted by Gasteiger charge is -2.20. The highest BCUT2D eigenvalue weighted by Gasteiger charge is 2.28. The Morgan fingerprint density at radius 2 is 2.00 bits per heavy atom. The van der Waals surface area contributed by atoms with Crippen molar-refractivity contribution in [2.45, 2.75) is 20.3 Å². The number of carbonyl (C=O) groups excluding carboxylic acids is 1. The minimum atomic E-state index is -1.01. The van der Waals surface area contributed by atoms with Gasteiger partial charge in [-0.3, -0.25) is 9.59 Å². The average molecular weight is 200 g/mol. The van der Waals surface area contributed by atoms with Crippen molar-refractivity contribution >= 4 is 11.9 Å². The molecule has 4 nitrogen and oxygen atoms in total. The molecule has 0 aromatic carbocycles. The molecule has 2 atom stereocenters. The van der Waals surface area contributed by atoms with Crippen molar-refractivity contribution in [2.24, 2.45) is 11.8 Å². The summed E-state index contributed by atoms with van der Waals surface area (Å²) < 4.78 is 4.54. The largest absolute Gasteiger partial charge is 0.481 e. The summed E-state index contributed by atoms with van der Waals surface area (Å²) >= 11 is 0. The smallest absolute Gasteiger partial charge is 0.309 e. The summed E-state index contributed by atoms with van der Waals surface area (Å²) in [5.41, 5.74) is 0.779. The van der Waals surface area contributed by atoms with Gasteiger partial charge in [0.2, 0.25) is 0 Å². The first-order valence-electron chi connectivity index (χ1n) is 4.35. The van der Waals surface area contributed by atoms with Crippen LogP contribution in [0.3, 0.4) is 0 Å². The number of methoxy groups -OCH3 is 1. The fraction of sp³-hybridized carbons (Fsp3) is 0.600. The Labute approximate surface area is 83.6 Å². The van der Waals surface area contributed by atoms with E-state index in [1.807, 2.05) is 0 Å². The maximum Gasteiger partial charge on any atom is 0.309 e. The second-order valence-electron chi connectivity index (χ2n) is 3.36. The van der Waals surface area contributed by atoms with Gasteiger partial charge in [-0.15, -0.1) is 0 Å². The van der Waals surface area contributed by atoms with E-state index in [4.69, 9.17) is 5.11 Å². The summed E-state index contributed by atoms with van der Waals surface area (Å²) in [6.45, 7) is 7.24. The molecule has 0 spiro atoms. The summed E-state index contributed by atoms with van der Waals surface area (Å²) in [7, 11) is 1.25. The van der Waals surface area contributed by atoms with Crippen LogP contribution >= 0.6 is 0 Å². The van der Waals surface area contributed by atoms with E-state index >= 15 is 0 Å². The molecule has 0 aliphatic rings. The van der Waals surface area contributed by atoms with Gasteiger partial charge in [-0.2, -0.15) is 0 Å². The second kappa shape index (κ2) is 5.42. The molecule has 0 aliphatic heterocycles. The van der Waals surface area contributed by atoms with Gasteiger partial charge in [0.15, 0.2) is 0 Å². The number of rotatable bonds is 5. The SMILES string of the molecule is C=C(C)C(C)C(CC(=O)O)C(=O)OC. The zero-order chi connectivity index (χ0) is 11.3. The van der Waals surface area contributed by atoms with Gasteiger partial charge < -0.3 is 9.84 Å². The minimum absolute atomic E-state index is 0.182. The Kier molecular flexibility index (Phi) is 4.91. The fourth-order valence-corrected chi connectivity index (χ4v) is 1.15. The Hall–Kier alpha value is -1.32. The van der Waals surface area contributed by atoms with Crippen LogP contribution in [-0.2, 0) is 14.3 Å². The van der Waals surface area contributed by atoms with Gasteiger partial charge in [-0.25, -0.2) is 0 Å². The van der Waals surface area contributed by atoms with E-state index in [9.17, 15) is 9.59 Å². The zero-order valence-electron chi connectivity index (χ0n) is 8.74. The molecule has 0 amide bonds. The van der Waals surface area contributed by atoms with Crippen LogP contribution in [0.4, 0.5) is 0 Å². The number of esters is 1. The standard InChI is InChI=1S/C10H16O4/c1-6(2)7(3)8(5-9(11)12)10(13)14-4/h7-8H,1,5H2,2-4H3,(H,11,12). The van der Waals surface area contributed by atoms with Gasteiger partial charge in [0.05, 0.1) is 19.4 Å². The van der Waals surface area contributed by atoms with Crippen LogP contribution in [0.25, 0.3) is 0 Å². The number of carbonyl (C=O) groups is 2. The number of hydrogen-bond acceptors (Lipinski definition) is 3.